The summed E-state index contributed by atoms with van der Waals surface area (Å²) < 4.78 is 6.91. The van der Waals surface area contributed by atoms with E-state index in [1.807, 2.05) is 54.9 Å². The van der Waals surface area contributed by atoms with Crippen LogP contribution in [-0.4, -0.2) is 15.2 Å². The number of thiazole rings is 1. The molecule has 4 aromatic rings. The molecule has 0 saturated heterocycles. The van der Waals surface area contributed by atoms with Crippen molar-refractivity contribution in [2.45, 2.75) is 6.92 Å². The molecular weight excluding hydrogens is 282 g/mol. The lowest BCUT2D eigenvalue weighted by Crippen LogP contribution is -1.78. The Hall–Kier alpha value is -2.53. The molecule has 2 aromatic heterocycles. The number of rotatable bonds is 2. The van der Waals surface area contributed by atoms with Gasteiger partial charge in [-0.25, -0.2) is 4.98 Å². The fourth-order valence-corrected chi connectivity index (χ4v) is 2.94. The molecule has 0 bridgehead atoms. The van der Waals surface area contributed by atoms with E-state index in [1.54, 1.807) is 11.3 Å². The third-order valence-electron chi connectivity index (χ3n) is 3.27. The van der Waals surface area contributed by atoms with Crippen molar-refractivity contribution in [3.8, 4) is 22.9 Å². The SMILES string of the molecule is Cc1cccc(-c2nnc(-c3ccc4ncsc4c3)o2)c1. The van der Waals surface area contributed by atoms with Gasteiger partial charge in [-0.1, -0.05) is 17.7 Å². The van der Waals surface area contributed by atoms with E-state index in [1.165, 1.54) is 5.56 Å². The maximum Gasteiger partial charge on any atom is 0.248 e. The second kappa shape index (κ2) is 4.79. The van der Waals surface area contributed by atoms with Crippen molar-refractivity contribution in [2.24, 2.45) is 0 Å². The molecule has 0 aliphatic carbocycles. The Labute approximate surface area is 125 Å². The fraction of sp³-hybridized carbons (Fsp3) is 0.0625. The third kappa shape index (κ3) is 2.21. The minimum atomic E-state index is 0.529. The maximum absolute atomic E-state index is 5.80. The maximum atomic E-state index is 5.80. The molecule has 0 atom stereocenters. The number of aryl methyl sites for hydroxylation is 1. The van der Waals surface area contributed by atoms with Crippen molar-refractivity contribution in [3.63, 3.8) is 0 Å². The van der Waals surface area contributed by atoms with Crippen molar-refractivity contribution in [1.29, 1.82) is 0 Å². The topological polar surface area (TPSA) is 51.8 Å². The lowest BCUT2D eigenvalue weighted by molar-refractivity contribution is 0.584. The van der Waals surface area contributed by atoms with Gasteiger partial charge in [0.15, 0.2) is 0 Å². The van der Waals surface area contributed by atoms with Gasteiger partial charge in [-0.3, -0.25) is 0 Å². The Balaban J connectivity index is 1.76. The first-order chi connectivity index (χ1) is 10.3. The Morgan fingerprint density at radius 1 is 0.952 bits per heavy atom. The van der Waals surface area contributed by atoms with E-state index >= 15 is 0 Å². The molecule has 0 spiro atoms. The van der Waals surface area contributed by atoms with Gasteiger partial charge in [0.25, 0.3) is 0 Å². The van der Waals surface area contributed by atoms with Crippen LogP contribution in [-0.2, 0) is 0 Å². The summed E-state index contributed by atoms with van der Waals surface area (Å²) >= 11 is 1.60. The average molecular weight is 293 g/mol. The normalized spacial score (nSPS) is 11.1. The molecule has 102 valence electrons. The average Bonchev–Trinajstić information content (AvgIpc) is 3.15. The molecule has 2 aromatic carbocycles. The minimum Gasteiger partial charge on any atom is -0.416 e. The molecule has 4 nitrogen and oxygen atoms in total. The smallest absolute Gasteiger partial charge is 0.248 e. The van der Waals surface area contributed by atoms with E-state index in [0.29, 0.717) is 11.8 Å². The monoisotopic (exact) mass is 293 g/mol. The van der Waals surface area contributed by atoms with Gasteiger partial charge < -0.3 is 4.42 Å². The highest BCUT2D eigenvalue weighted by Gasteiger charge is 2.11. The number of hydrogen-bond donors (Lipinski definition) is 0. The van der Waals surface area contributed by atoms with Crippen LogP contribution in [0.4, 0.5) is 0 Å². The van der Waals surface area contributed by atoms with Gasteiger partial charge in [-0.05, 0) is 37.3 Å². The van der Waals surface area contributed by atoms with Gasteiger partial charge in [0.1, 0.15) is 0 Å². The van der Waals surface area contributed by atoms with Gasteiger partial charge in [0.05, 0.1) is 15.7 Å². The molecule has 21 heavy (non-hydrogen) atoms. The largest absolute Gasteiger partial charge is 0.416 e. The molecule has 0 amide bonds. The van der Waals surface area contributed by atoms with E-state index in [-0.39, 0.29) is 0 Å². The first-order valence-electron chi connectivity index (χ1n) is 6.54. The van der Waals surface area contributed by atoms with Crippen molar-refractivity contribution < 1.29 is 4.42 Å². The quantitative estimate of drug-likeness (QED) is 0.552. The summed E-state index contributed by atoms with van der Waals surface area (Å²) in [6, 6.07) is 14.0. The first-order valence-corrected chi connectivity index (χ1v) is 7.42. The summed E-state index contributed by atoms with van der Waals surface area (Å²) in [6.45, 7) is 2.04. The van der Waals surface area contributed by atoms with Crippen LogP contribution in [0.15, 0.2) is 52.4 Å². The zero-order valence-corrected chi connectivity index (χ0v) is 12.1. The van der Waals surface area contributed by atoms with Crippen LogP contribution in [0.25, 0.3) is 33.1 Å². The number of nitrogens with zero attached hydrogens (tertiary/aromatic N) is 3. The molecule has 5 heteroatoms. The van der Waals surface area contributed by atoms with Gasteiger partial charge in [0.2, 0.25) is 11.8 Å². The predicted molar refractivity (Wildman–Crippen MR) is 83.1 cm³/mol. The van der Waals surface area contributed by atoms with Crippen molar-refractivity contribution in [3.05, 3.63) is 53.5 Å². The molecule has 0 fully saturated rings. The van der Waals surface area contributed by atoms with Crippen LogP contribution in [0.1, 0.15) is 5.56 Å². The molecule has 0 radical (unpaired) electrons. The highest BCUT2D eigenvalue weighted by atomic mass is 32.1. The highest BCUT2D eigenvalue weighted by Crippen LogP contribution is 2.28. The van der Waals surface area contributed by atoms with Crippen molar-refractivity contribution in [2.75, 3.05) is 0 Å². The third-order valence-corrected chi connectivity index (χ3v) is 4.06. The molecule has 0 unspecified atom stereocenters. The second-order valence-electron chi connectivity index (χ2n) is 4.82. The summed E-state index contributed by atoms with van der Waals surface area (Å²) in [5.41, 5.74) is 5.84. The molecule has 0 aliphatic rings. The Morgan fingerprint density at radius 3 is 2.57 bits per heavy atom. The second-order valence-corrected chi connectivity index (χ2v) is 5.70. The van der Waals surface area contributed by atoms with Crippen LogP contribution >= 0.6 is 11.3 Å². The zero-order chi connectivity index (χ0) is 14.2. The molecule has 0 saturated carbocycles. The Bertz CT molecular complexity index is 926. The van der Waals surface area contributed by atoms with E-state index in [2.05, 4.69) is 15.2 Å². The van der Waals surface area contributed by atoms with Gasteiger partial charge in [0, 0.05) is 11.1 Å². The van der Waals surface area contributed by atoms with Crippen LogP contribution in [0.2, 0.25) is 0 Å². The van der Waals surface area contributed by atoms with Crippen LogP contribution in [0, 0.1) is 6.92 Å². The van der Waals surface area contributed by atoms with E-state index < -0.39 is 0 Å². The molecule has 2 heterocycles. The van der Waals surface area contributed by atoms with E-state index in [4.69, 9.17) is 4.42 Å². The van der Waals surface area contributed by atoms with Crippen molar-refractivity contribution in [1.82, 2.24) is 15.2 Å². The van der Waals surface area contributed by atoms with Crippen LogP contribution in [0.5, 0.6) is 0 Å². The van der Waals surface area contributed by atoms with Crippen molar-refractivity contribution >= 4 is 21.6 Å². The van der Waals surface area contributed by atoms with Gasteiger partial charge >= 0.3 is 0 Å². The zero-order valence-electron chi connectivity index (χ0n) is 11.3. The number of aromatic nitrogens is 3. The lowest BCUT2D eigenvalue weighted by atomic mass is 10.1. The minimum absolute atomic E-state index is 0.529. The number of benzene rings is 2. The molecular formula is C16H11N3OS. The van der Waals surface area contributed by atoms with Gasteiger partial charge in [-0.15, -0.1) is 21.5 Å². The van der Waals surface area contributed by atoms with Crippen LogP contribution in [0.3, 0.4) is 0 Å². The van der Waals surface area contributed by atoms with Gasteiger partial charge in [-0.2, -0.15) is 0 Å². The Morgan fingerprint density at radius 2 is 1.76 bits per heavy atom. The number of fused-ring (bicyclic) bond motifs is 1. The van der Waals surface area contributed by atoms with Crippen LogP contribution < -0.4 is 0 Å². The summed E-state index contributed by atoms with van der Waals surface area (Å²) in [5.74, 6) is 1.07. The highest BCUT2D eigenvalue weighted by molar-refractivity contribution is 7.16. The molecule has 0 aliphatic heterocycles. The fourth-order valence-electron chi connectivity index (χ4n) is 2.22. The number of hydrogen-bond acceptors (Lipinski definition) is 5. The molecule has 0 N–H and O–H groups in total. The summed E-state index contributed by atoms with van der Waals surface area (Å²) in [7, 11) is 0. The van der Waals surface area contributed by atoms with E-state index in [0.717, 1.165) is 21.3 Å². The van der Waals surface area contributed by atoms with E-state index in [9.17, 15) is 0 Å². The standard InChI is InChI=1S/C16H11N3OS/c1-10-3-2-4-11(7-10)15-18-19-16(20-15)12-5-6-13-14(8-12)21-9-17-13/h2-9H,1H3. The Kier molecular flexibility index (Phi) is 2.79. The molecule has 4 rings (SSSR count). The summed E-state index contributed by atoms with van der Waals surface area (Å²) in [6.07, 6.45) is 0. The first kappa shape index (κ1) is 12.2. The predicted octanol–water partition coefficient (Wildman–Crippen LogP) is 4.32. The lowest BCUT2D eigenvalue weighted by Gasteiger charge is -1.97. The summed E-state index contributed by atoms with van der Waals surface area (Å²) in [4.78, 5) is 4.27. The summed E-state index contributed by atoms with van der Waals surface area (Å²) in [5, 5.41) is 8.29.